The highest BCUT2D eigenvalue weighted by molar-refractivity contribution is 6.30. The van der Waals surface area contributed by atoms with Crippen molar-refractivity contribution in [2.75, 3.05) is 0 Å². The quantitative estimate of drug-likeness (QED) is 0.629. The predicted octanol–water partition coefficient (Wildman–Crippen LogP) is 5.22. The first-order valence-corrected chi connectivity index (χ1v) is 8.60. The average molecular weight is 336 g/mol. The number of Topliss-reactive ketones (excluding diaryl/α,β-unsaturated/α-hetero) is 1. The molecule has 1 aromatic heterocycles. The Morgan fingerprint density at radius 1 is 1.08 bits per heavy atom. The van der Waals surface area contributed by atoms with Crippen molar-refractivity contribution in [2.24, 2.45) is 0 Å². The van der Waals surface area contributed by atoms with Crippen LogP contribution in [0.15, 0.2) is 66.9 Å². The Balaban J connectivity index is 2.02. The molecular weight excluding hydrogens is 318 g/mol. The molecule has 0 saturated heterocycles. The van der Waals surface area contributed by atoms with Crippen LogP contribution in [0.4, 0.5) is 0 Å². The molecule has 2 aromatic carbocycles. The molecule has 0 spiro atoms. The zero-order valence-electron chi connectivity index (χ0n) is 13.5. The van der Waals surface area contributed by atoms with E-state index in [2.05, 4.69) is 19.1 Å². The summed E-state index contributed by atoms with van der Waals surface area (Å²) in [5.41, 5.74) is 3.41. The Morgan fingerprint density at radius 3 is 2.71 bits per heavy atom. The van der Waals surface area contributed by atoms with Crippen molar-refractivity contribution in [3.63, 3.8) is 0 Å². The van der Waals surface area contributed by atoms with Gasteiger partial charge >= 0.3 is 0 Å². The van der Waals surface area contributed by atoms with Gasteiger partial charge in [0.25, 0.3) is 0 Å². The molecule has 0 amide bonds. The summed E-state index contributed by atoms with van der Waals surface area (Å²) in [5, 5.41) is 0.668. The summed E-state index contributed by atoms with van der Waals surface area (Å²) in [6, 6.07) is 19.8. The summed E-state index contributed by atoms with van der Waals surface area (Å²) in [5.74, 6) is 0.161. The van der Waals surface area contributed by atoms with Gasteiger partial charge in [0, 0.05) is 16.9 Å². The minimum absolute atomic E-state index is 0.161. The molecule has 1 atom stereocenters. The van der Waals surface area contributed by atoms with Crippen molar-refractivity contribution in [3.8, 4) is 5.69 Å². The molecular formula is C21H18ClNO. The van der Waals surface area contributed by atoms with Crippen LogP contribution in [0.25, 0.3) is 5.69 Å². The highest BCUT2D eigenvalue weighted by atomic mass is 35.5. The number of para-hydroxylation sites is 1. The lowest BCUT2D eigenvalue weighted by molar-refractivity contribution is 0.0873. The van der Waals surface area contributed by atoms with Gasteiger partial charge in [0.15, 0.2) is 5.78 Å². The van der Waals surface area contributed by atoms with Gasteiger partial charge in [0.2, 0.25) is 0 Å². The standard InChI is InChI=1S/C21H18ClNO/c1-2-21(16-8-5-9-17(22)13-16)14-15-7-3-4-10-18(15)23-12-6-11-19(23)20(21)24/h3-13H,2,14H2,1H3. The second-order valence-corrected chi connectivity index (χ2v) is 6.78. The van der Waals surface area contributed by atoms with E-state index in [1.165, 1.54) is 5.56 Å². The predicted molar refractivity (Wildman–Crippen MR) is 97.2 cm³/mol. The number of aromatic nitrogens is 1. The van der Waals surface area contributed by atoms with E-state index in [0.29, 0.717) is 11.4 Å². The van der Waals surface area contributed by atoms with Crippen molar-refractivity contribution in [3.05, 3.63) is 88.7 Å². The van der Waals surface area contributed by atoms with Crippen LogP contribution in [0.5, 0.6) is 0 Å². The number of rotatable bonds is 2. The molecule has 120 valence electrons. The zero-order chi connectivity index (χ0) is 16.7. The molecule has 24 heavy (non-hydrogen) atoms. The van der Waals surface area contributed by atoms with Gasteiger partial charge in [-0.25, -0.2) is 0 Å². The van der Waals surface area contributed by atoms with Crippen molar-refractivity contribution < 1.29 is 4.79 Å². The lowest BCUT2D eigenvalue weighted by Crippen LogP contribution is -2.37. The summed E-state index contributed by atoms with van der Waals surface area (Å²) >= 11 is 6.23. The fraction of sp³-hybridized carbons (Fsp3) is 0.190. The van der Waals surface area contributed by atoms with Crippen molar-refractivity contribution >= 4 is 17.4 Å². The first-order valence-electron chi connectivity index (χ1n) is 8.22. The molecule has 0 radical (unpaired) electrons. The molecule has 0 saturated carbocycles. The van der Waals surface area contributed by atoms with Crippen LogP contribution >= 0.6 is 11.6 Å². The van der Waals surface area contributed by atoms with E-state index in [1.807, 2.05) is 59.3 Å². The van der Waals surface area contributed by atoms with Crippen molar-refractivity contribution in [1.29, 1.82) is 0 Å². The normalized spacial score (nSPS) is 19.5. The lowest BCUT2D eigenvalue weighted by atomic mass is 9.70. The summed E-state index contributed by atoms with van der Waals surface area (Å²) in [4.78, 5) is 13.6. The number of hydrogen-bond acceptors (Lipinski definition) is 1. The highest BCUT2D eigenvalue weighted by Gasteiger charge is 2.42. The third-order valence-corrected chi connectivity index (χ3v) is 5.38. The third-order valence-electron chi connectivity index (χ3n) is 5.14. The van der Waals surface area contributed by atoms with Crippen LogP contribution in [0.1, 0.15) is 35.0 Å². The molecule has 1 unspecified atom stereocenters. The Labute approximate surface area is 146 Å². The van der Waals surface area contributed by atoms with Crippen LogP contribution < -0.4 is 0 Å². The van der Waals surface area contributed by atoms with E-state index in [1.54, 1.807) is 0 Å². The maximum absolute atomic E-state index is 13.6. The van der Waals surface area contributed by atoms with E-state index in [4.69, 9.17) is 11.6 Å². The van der Waals surface area contributed by atoms with Crippen LogP contribution in [0.2, 0.25) is 5.02 Å². The molecule has 0 fully saturated rings. The minimum atomic E-state index is -0.590. The molecule has 0 N–H and O–H groups in total. The second kappa shape index (κ2) is 5.64. The van der Waals surface area contributed by atoms with E-state index in [-0.39, 0.29) is 5.78 Å². The summed E-state index contributed by atoms with van der Waals surface area (Å²) in [6.07, 6.45) is 3.38. The molecule has 3 heteroatoms. The van der Waals surface area contributed by atoms with Crippen LogP contribution in [-0.4, -0.2) is 10.4 Å². The van der Waals surface area contributed by atoms with Gasteiger partial charge in [0.05, 0.1) is 11.1 Å². The molecule has 1 aliphatic rings. The average Bonchev–Trinajstić information content (AvgIpc) is 3.05. The Kier molecular flexibility index (Phi) is 3.58. The number of halogens is 1. The van der Waals surface area contributed by atoms with E-state index in [9.17, 15) is 4.79 Å². The Bertz CT molecular complexity index is 927. The van der Waals surface area contributed by atoms with Gasteiger partial charge in [-0.05, 0) is 54.3 Å². The second-order valence-electron chi connectivity index (χ2n) is 6.34. The Hall–Kier alpha value is -2.32. The van der Waals surface area contributed by atoms with Crippen molar-refractivity contribution in [1.82, 2.24) is 4.57 Å². The van der Waals surface area contributed by atoms with Crippen LogP contribution in [0.3, 0.4) is 0 Å². The molecule has 0 aliphatic carbocycles. The van der Waals surface area contributed by atoms with Crippen molar-refractivity contribution in [2.45, 2.75) is 25.2 Å². The van der Waals surface area contributed by atoms with Gasteiger partial charge in [-0.2, -0.15) is 0 Å². The monoisotopic (exact) mass is 335 g/mol. The van der Waals surface area contributed by atoms with E-state index >= 15 is 0 Å². The number of fused-ring (bicyclic) bond motifs is 3. The molecule has 3 aromatic rings. The fourth-order valence-electron chi connectivity index (χ4n) is 3.83. The minimum Gasteiger partial charge on any atom is -0.314 e. The topological polar surface area (TPSA) is 22.0 Å². The fourth-order valence-corrected chi connectivity index (χ4v) is 4.02. The maximum Gasteiger partial charge on any atom is 0.190 e. The molecule has 2 heterocycles. The number of carbonyl (C=O) groups excluding carboxylic acids is 1. The first-order chi connectivity index (χ1) is 11.7. The number of carbonyl (C=O) groups is 1. The summed E-state index contributed by atoms with van der Waals surface area (Å²) in [7, 11) is 0. The Morgan fingerprint density at radius 2 is 1.92 bits per heavy atom. The van der Waals surface area contributed by atoms with Gasteiger partial charge in [0.1, 0.15) is 0 Å². The van der Waals surface area contributed by atoms with E-state index < -0.39 is 5.41 Å². The third kappa shape index (κ3) is 2.14. The highest BCUT2D eigenvalue weighted by Crippen LogP contribution is 2.40. The molecule has 2 nitrogen and oxygen atoms in total. The van der Waals surface area contributed by atoms with E-state index in [0.717, 1.165) is 23.4 Å². The number of nitrogens with zero attached hydrogens (tertiary/aromatic N) is 1. The zero-order valence-corrected chi connectivity index (χ0v) is 14.3. The smallest absolute Gasteiger partial charge is 0.190 e. The lowest BCUT2D eigenvalue weighted by Gasteiger charge is -2.31. The van der Waals surface area contributed by atoms with Crippen LogP contribution in [0, 0.1) is 0 Å². The van der Waals surface area contributed by atoms with Gasteiger partial charge in [-0.3, -0.25) is 4.79 Å². The molecule has 0 bridgehead atoms. The van der Waals surface area contributed by atoms with Gasteiger partial charge in [-0.1, -0.05) is 48.9 Å². The summed E-state index contributed by atoms with van der Waals surface area (Å²) < 4.78 is 2.01. The van der Waals surface area contributed by atoms with Crippen LogP contribution in [-0.2, 0) is 11.8 Å². The van der Waals surface area contributed by atoms with Gasteiger partial charge < -0.3 is 4.57 Å². The maximum atomic E-state index is 13.6. The number of benzene rings is 2. The molecule has 4 rings (SSSR count). The number of ketones is 1. The molecule has 1 aliphatic heterocycles. The first kappa shape index (κ1) is 15.2. The summed E-state index contributed by atoms with van der Waals surface area (Å²) in [6.45, 7) is 2.08. The SMILES string of the molecule is CCC1(c2cccc(Cl)c2)Cc2ccccc2-n2cccc2C1=O. The van der Waals surface area contributed by atoms with Gasteiger partial charge in [-0.15, -0.1) is 0 Å². The number of hydrogen-bond donors (Lipinski definition) is 0. The largest absolute Gasteiger partial charge is 0.314 e.